The molecule has 0 unspecified atom stereocenters. The number of hydrogen-bond donors (Lipinski definition) is 2. The summed E-state index contributed by atoms with van der Waals surface area (Å²) in [5.74, 6) is 1.00. The third-order valence-electron chi connectivity index (χ3n) is 6.08. The number of aromatic nitrogens is 1. The van der Waals surface area contributed by atoms with Crippen molar-refractivity contribution in [1.82, 2.24) is 10.3 Å². The zero-order valence-corrected chi connectivity index (χ0v) is 17.2. The quantitative estimate of drug-likeness (QED) is 0.565. The van der Waals surface area contributed by atoms with Gasteiger partial charge in [-0.05, 0) is 60.8 Å². The minimum Gasteiger partial charge on any atom is -0.497 e. The van der Waals surface area contributed by atoms with Crippen LogP contribution < -0.4 is 10.1 Å². The molecule has 1 saturated carbocycles. The molecule has 1 amide bonds. The standard InChI is InChI=1S/C25H27FN2O2/c1-30-22-12-20(11-21(26)13-22)23-15-27-16-24(23)25(29)28-14-17-7-9-19(10-8-17)18-5-3-2-4-6-18/h2-6,11-13,15-17,19,27H,7-10,14H2,1H3,(H,28,29). The van der Waals surface area contributed by atoms with E-state index in [4.69, 9.17) is 4.74 Å². The number of aromatic amines is 1. The first-order valence-corrected chi connectivity index (χ1v) is 10.5. The topological polar surface area (TPSA) is 54.1 Å². The first-order chi connectivity index (χ1) is 14.6. The van der Waals surface area contributed by atoms with E-state index >= 15 is 0 Å². The van der Waals surface area contributed by atoms with Crippen LogP contribution in [0.4, 0.5) is 4.39 Å². The fraction of sp³-hybridized carbons (Fsp3) is 0.320. The Bertz CT molecular complexity index is 991. The fourth-order valence-corrected chi connectivity index (χ4v) is 4.38. The predicted molar refractivity (Wildman–Crippen MR) is 116 cm³/mol. The number of benzene rings is 2. The summed E-state index contributed by atoms with van der Waals surface area (Å²) in [6, 6.07) is 15.1. The second-order valence-electron chi connectivity index (χ2n) is 8.00. The van der Waals surface area contributed by atoms with Crippen LogP contribution in [0.15, 0.2) is 60.9 Å². The van der Waals surface area contributed by atoms with Gasteiger partial charge in [-0.15, -0.1) is 0 Å². The maximum Gasteiger partial charge on any atom is 0.253 e. The molecule has 0 atom stereocenters. The van der Waals surface area contributed by atoms with Crippen molar-refractivity contribution in [1.29, 1.82) is 0 Å². The van der Waals surface area contributed by atoms with Crippen molar-refractivity contribution in [2.75, 3.05) is 13.7 Å². The molecule has 0 aliphatic heterocycles. The van der Waals surface area contributed by atoms with Crippen LogP contribution in [0.25, 0.3) is 11.1 Å². The predicted octanol–water partition coefficient (Wildman–Crippen LogP) is 5.53. The van der Waals surface area contributed by atoms with Gasteiger partial charge < -0.3 is 15.0 Å². The minimum absolute atomic E-state index is 0.139. The van der Waals surface area contributed by atoms with E-state index in [2.05, 4.69) is 40.6 Å². The Kier molecular flexibility index (Phi) is 6.17. The zero-order valence-electron chi connectivity index (χ0n) is 17.2. The molecule has 0 radical (unpaired) electrons. The second-order valence-corrected chi connectivity index (χ2v) is 8.00. The SMILES string of the molecule is COc1cc(F)cc(-c2c[nH]cc2C(=O)NCC2CCC(c3ccccc3)CC2)c1. The molecule has 0 bridgehead atoms. The first kappa shape index (κ1) is 20.2. The highest BCUT2D eigenvalue weighted by atomic mass is 19.1. The van der Waals surface area contributed by atoms with Crippen LogP contribution in [-0.2, 0) is 0 Å². The molecule has 1 aliphatic carbocycles. The molecular formula is C25H27FN2O2. The Morgan fingerprint density at radius 3 is 2.60 bits per heavy atom. The number of ether oxygens (including phenoxy) is 1. The van der Waals surface area contributed by atoms with Gasteiger partial charge in [0.25, 0.3) is 5.91 Å². The normalized spacial score (nSPS) is 18.7. The summed E-state index contributed by atoms with van der Waals surface area (Å²) >= 11 is 0. The molecule has 1 heterocycles. The molecule has 2 aromatic carbocycles. The van der Waals surface area contributed by atoms with E-state index in [1.165, 1.54) is 24.8 Å². The third-order valence-corrected chi connectivity index (χ3v) is 6.08. The van der Waals surface area contributed by atoms with E-state index in [9.17, 15) is 9.18 Å². The number of halogens is 1. The van der Waals surface area contributed by atoms with Crippen molar-refractivity contribution < 1.29 is 13.9 Å². The molecule has 4 nitrogen and oxygen atoms in total. The van der Waals surface area contributed by atoms with Crippen LogP contribution in [0.1, 0.15) is 47.5 Å². The summed E-state index contributed by atoms with van der Waals surface area (Å²) in [6.07, 6.45) is 7.91. The lowest BCUT2D eigenvalue weighted by atomic mass is 9.78. The number of H-pyrrole nitrogens is 1. The lowest BCUT2D eigenvalue weighted by Gasteiger charge is -2.29. The Hall–Kier alpha value is -3.08. The Morgan fingerprint density at radius 1 is 1.10 bits per heavy atom. The van der Waals surface area contributed by atoms with Gasteiger partial charge in [0, 0.05) is 30.6 Å². The average Bonchev–Trinajstić information content (AvgIpc) is 3.28. The van der Waals surface area contributed by atoms with E-state index in [-0.39, 0.29) is 5.91 Å². The highest BCUT2D eigenvalue weighted by Gasteiger charge is 2.23. The number of carbonyl (C=O) groups excluding carboxylic acids is 1. The molecule has 1 aromatic heterocycles. The Morgan fingerprint density at radius 2 is 1.87 bits per heavy atom. The van der Waals surface area contributed by atoms with E-state index in [0.29, 0.717) is 40.8 Å². The zero-order chi connectivity index (χ0) is 20.9. The van der Waals surface area contributed by atoms with Gasteiger partial charge in [0.2, 0.25) is 0 Å². The van der Waals surface area contributed by atoms with Crippen molar-refractivity contribution in [3.8, 4) is 16.9 Å². The molecule has 156 valence electrons. The maximum atomic E-state index is 13.9. The van der Waals surface area contributed by atoms with Crippen molar-refractivity contribution in [2.45, 2.75) is 31.6 Å². The maximum absolute atomic E-state index is 13.9. The van der Waals surface area contributed by atoms with Crippen molar-refractivity contribution in [3.05, 3.63) is 77.9 Å². The van der Waals surface area contributed by atoms with Gasteiger partial charge in [0.15, 0.2) is 0 Å². The van der Waals surface area contributed by atoms with Crippen molar-refractivity contribution >= 4 is 5.91 Å². The van der Waals surface area contributed by atoms with Crippen molar-refractivity contribution in [2.24, 2.45) is 5.92 Å². The lowest BCUT2D eigenvalue weighted by Crippen LogP contribution is -2.31. The van der Waals surface area contributed by atoms with E-state index in [0.717, 1.165) is 25.7 Å². The number of carbonyl (C=O) groups is 1. The van der Waals surface area contributed by atoms with Crippen molar-refractivity contribution in [3.63, 3.8) is 0 Å². The molecule has 5 heteroatoms. The highest BCUT2D eigenvalue weighted by Crippen LogP contribution is 2.35. The number of nitrogens with one attached hydrogen (secondary N) is 2. The molecule has 3 aromatic rings. The monoisotopic (exact) mass is 406 g/mol. The molecule has 2 N–H and O–H groups in total. The average molecular weight is 407 g/mol. The van der Waals surface area contributed by atoms with E-state index in [1.54, 1.807) is 18.5 Å². The fourth-order valence-electron chi connectivity index (χ4n) is 4.38. The van der Waals surface area contributed by atoms with Gasteiger partial charge in [0.1, 0.15) is 11.6 Å². The number of hydrogen-bond acceptors (Lipinski definition) is 2. The summed E-state index contributed by atoms with van der Waals surface area (Å²) < 4.78 is 19.0. The second kappa shape index (κ2) is 9.16. The van der Waals surface area contributed by atoms with Gasteiger partial charge in [-0.2, -0.15) is 0 Å². The van der Waals surface area contributed by atoms with Gasteiger partial charge in [-0.1, -0.05) is 30.3 Å². The van der Waals surface area contributed by atoms with Gasteiger partial charge in [0.05, 0.1) is 12.7 Å². The van der Waals surface area contributed by atoms with Crippen LogP contribution in [0, 0.1) is 11.7 Å². The van der Waals surface area contributed by atoms with Crippen LogP contribution >= 0.6 is 0 Å². The summed E-state index contributed by atoms with van der Waals surface area (Å²) in [7, 11) is 1.50. The summed E-state index contributed by atoms with van der Waals surface area (Å²) in [6.45, 7) is 0.664. The number of amides is 1. The van der Waals surface area contributed by atoms with Gasteiger partial charge >= 0.3 is 0 Å². The smallest absolute Gasteiger partial charge is 0.253 e. The van der Waals surface area contributed by atoms with Crippen LogP contribution in [0.2, 0.25) is 0 Å². The molecule has 0 spiro atoms. The van der Waals surface area contributed by atoms with Crippen LogP contribution in [0.5, 0.6) is 5.75 Å². The highest BCUT2D eigenvalue weighted by molar-refractivity contribution is 6.00. The number of rotatable bonds is 6. The van der Waals surface area contributed by atoms with E-state index in [1.807, 2.05) is 0 Å². The minimum atomic E-state index is -0.396. The summed E-state index contributed by atoms with van der Waals surface area (Å²) in [5.41, 5.74) is 3.21. The largest absolute Gasteiger partial charge is 0.497 e. The molecule has 1 fully saturated rings. The molecule has 4 rings (SSSR count). The lowest BCUT2D eigenvalue weighted by molar-refractivity contribution is 0.0943. The Balaban J connectivity index is 1.36. The molecule has 1 aliphatic rings. The van der Waals surface area contributed by atoms with Crippen LogP contribution in [0.3, 0.4) is 0 Å². The Labute approximate surface area is 176 Å². The number of methoxy groups -OCH3 is 1. The molecular weight excluding hydrogens is 379 g/mol. The summed E-state index contributed by atoms with van der Waals surface area (Å²) in [5, 5.41) is 3.08. The molecule has 30 heavy (non-hydrogen) atoms. The first-order valence-electron chi connectivity index (χ1n) is 10.5. The van der Waals surface area contributed by atoms with Gasteiger partial charge in [-0.25, -0.2) is 4.39 Å². The third kappa shape index (κ3) is 4.56. The summed E-state index contributed by atoms with van der Waals surface area (Å²) in [4.78, 5) is 15.8. The van der Waals surface area contributed by atoms with Crippen LogP contribution in [-0.4, -0.2) is 24.5 Å². The van der Waals surface area contributed by atoms with Gasteiger partial charge in [-0.3, -0.25) is 4.79 Å². The van der Waals surface area contributed by atoms with E-state index < -0.39 is 5.82 Å². The molecule has 0 saturated heterocycles.